The van der Waals surface area contributed by atoms with Crippen LogP contribution < -0.4 is 10.2 Å². The van der Waals surface area contributed by atoms with E-state index in [2.05, 4.69) is 37.3 Å². The van der Waals surface area contributed by atoms with E-state index in [0.717, 1.165) is 21.2 Å². The molecule has 8 heteroatoms. The average molecular weight is 483 g/mol. The van der Waals surface area contributed by atoms with Crippen LogP contribution in [0.3, 0.4) is 0 Å². The van der Waals surface area contributed by atoms with Crippen LogP contribution in [0.1, 0.15) is 5.56 Å². The lowest BCUT2D eigenvalue weighted by molar-refractivity contribution is 0.628. The average Bonchev–Trinajstić information content (AvgIpc) is 2.76. The van der Waals surface area contributed by atoms with E-state index >= 15 is 0 Å². The molecule has 0 aliphatic carbocycles. The number of fused-ring (bicyclic) bond motifs is 1. The first-order valence-electron chi connectivity index (χ1n) is 8.86. The Hall–Kier alpha value is -3.21. The third-order valence-electron chi connectivity index (χ3n) is 4.64. The molecule has 148 valence electrons. The lowest BCUT2D eigenvalue weighted by Gasteiger charge is -2.21. The largest absolute Gasteiger partial charge is 0.354 e. The molecule has 0 unspecified atom stereocenters. The Kier molecular flexibility index (Phi) is 5.53. The van der Waals surface area contributed by atoms with Crippen molar-refractivity contribution in [1.82, 2.24) is 9.97 Å². The lowest BCUT2D eigenvalue weighted by Crippen LogP contribution is -2.10. The van der Waals surface area contributed by atoms with Gasteiger partial charge in [-0.1, -0.05) is 11.6 Å². The summed E-state index contributed by atoms with van der Waals surface area (Å²) >= 11 is 9.51. The predicted octanol–water partition coefficient (Wildman–Crippen LogP) is 6.57. The van der Waals surface area contributed by atoms with Crippen LogP contribution in [0.4, 0.5) is 27.1 Å². The quantitative estimate of drug-likeness (QED) is 0.356. The molecule has 4 rings (SSSR count). The van der Waals surface area contributed by atoms with Gasteiger partial charge in [-0.2, -0.15) is 5.26 Å². The number of hydrogen-bond donors (Lipinski definition) is 1. The number of benzene rings is 2. The van der Waals surface area contributed by atoms with Crippen molar-refractivity contribution in [3.05, 3.63) is 81.9 Å². The van der Waals surface area contributed by atoms with E-state index in [1.807, 2.05) is 36.2 Å². The highest BCUT2D eigenvalue weighted by atomic mass is 79.9. The van der Waals surface area contributed by atoms with Gasteiger partial charge in [-0.3, -0.25) is 9.97 Å². The number of nitriles is 1. The highest BCUT2D eigenvalue weighted by molar-refractivity contribution is 9.10. The van der Waals surface area contributed by atoms with E-state index in [0.29, 0.717) is 22.5 Å². The highest BCUT2D eigenvalue weighted by Crippen LogP contribution is 2.37. The maximum Gasteiger partial charge on any atom is 0.141 e. The van der Waals surface area contributed by atoms with Crippen LogP contribution >= 0.6 is 27.5 Å². The fourth-order valence-corrected chi connectivity index (χ4v) is 3.81. The Labute approximate surface area is 185 Å². The van der Waals surface area contributed by atoms with E-state index in [9.17, 15) is 9.65 Å². The standard InChI is InChI=1S/C22H14BrClFN5/c1-30(15-3-2-6-27-12-15)16-8-17-21(29-14-4-5-20(25)19(24)7-14)13(10-26)11-28-22(17)18(23)9-16/h2-9,11-12H,1H3,(H,28,29). The third-order valence-corrected chi connectivity index (χ3v) is 5.53. The number of nitrogens with one attached hydrogen (secondary N) is 1. The Morgan fingerprint density at radius 3 is 2.70 bits per heavy atom. The zero-order valence-corrected chi connectivity index (χ0v) is 18.0. The molecule has 2 heterocycles. The fraction of sp³-hybridized carbons (Fsp3) is 0.0455. The van der Waals surface area contributed by atoms with Crippen molar-refractivity contribution < 1.29 is 4.39 Å². The molecule has 2 aromatic carbocycles. The molecular weight excluding hydrogens is 469 g/mol. The molecule has 0 saturated carbocycles. The Morgan fingerprint density at radius 1 is 1.17 bits per heavy atom. The van der Waals surface area contributed by atoms with Crippen LogP contribution in [-0.4, -0.2) is 17.0 Å². The summed E-state index contributed by atoms with van der Waals surface area (Å²) in [6.07, 6.45) is 4.99. The first-order chi connectivity index (χ1) is 14.5. The van der Waals surface area contributed by atoms with Crippen molar-refractivity contribution in [3.63, 3.8) is 0 Å². The van der Waals surface area contributed by atoms with Crippen molar-refractivity contribution in [2.45, 2.75) is 0 Å². The van der Waals surface area contributed by atoms with Crippen molar-refractivity contribution in [3.8, 4) is 6.07 Å². The molecule has 0 bridgehead atoms. The molecule has 5 nitrogen and oxygen atoms in total. The van der Waals surface area contributed by atoms with E-state index in [1.165, 1.54) is 18.3 Å². The van der Waals surface area contributed by atoms with Gasteiger partial charge in [-0.05, 0) is 58.4 Å². The van der Waals surface area contributed by atoms with E-state index in [4.69, 9.17) is 11.6 Å². The topological polar surface area (TPSA) is 64.8 Å². The molecule has 2 aromatic heterocycles. The van der Waals surface area contributed by atoms with Crippen molar-refractivity contribution in [2.24, 2.45) is 0 Å². The lowest BCUT2D eigenvalue weighted by atomic mass is 10.1. The summed E-state index contributed by atoms with van der Waals surface area (Å²) in [5.74, 6) is -0.509. The molecule has 0 aliphatic heterocycles. The first-order valence-corrected chi connectivity index (χ1v) is 10.0. The van der Waals surface area contributed by atoms with Gasteiger partial charge in [0.25, 0.3) is 0 Å². The maximum atomic E-state index is 13.6. The first kappa shape index (κ1) is 20.1. The highest BCUT2D eigenvalue weighted by Gasteiger charge is 2.15. The molecule has 30 heavy (non-hydrogen) atoms. The summed E-state index contributed by atoms with van der Waals surface area (Å²) < 4.78 is 14.3. The molecule has 0 spiro atoms. The summed E-state index contributed by atoms with van der Waals surface area (Å²) in [4.78, 5) is 10.6. The number of pyridine rings is 2. The zero-order chi connectivity index (χ0) is 21.3. The minimum absolute atomic E-state index is 0.00458. The van der Waals surface area contributed by atoms with Gasteiger partial charge in [0.2, 0.25) is 0 Å². The van der Waals surface area contributed by atoms with Crippen LogP contribution in [0.25, 0.3) is 10.9 Å². The van der Waals surface area contributed by atoms with Crippen LogP contribution in [-0.2, 0) is 0 Å². The summed E-state index contributed by atoms with van der Waals surface area (Å²) in [5, 5.41) is 13.6. The van der Waals surface area contributed by atoms with Gasteiger partial charge in [0.15, 0.2) is 0 Å². The molecule has 0 radical (unpaired) electrons. The minimum Gasteiger partial charge on any atom is -0.354 e. The number of hydrogen-bond acceptors (Lipinski definition) is 5. The number of aromatic nitrogens is 2. The Balaban J connectivity index is 1.88. The van der Waals surface area contributed by atoms with Crippen LogP contribution in [0.5, 0.6) is 0 Å². The minimum atomic E-state index is -0.509. The second-order valence-corrected chi connectivity index (χ2v) is 7.77. The SMILES string of the molecule is CN(c1cccnc1)c1cc(Br)c2ncc(C#N)c(Nc3ccc(F)c(Cl)c3)c2c1. The number of anilines is 4. The Morgan fingerprint density at radius 2 is 2.00 bits per heavy atom. The number of halogens is 3. The molecule has 0 aliphatic rings. The predicted molar refractivity (Wildman–Crippen MR) is 121 cm³/mol. The van der Waals surface area contributed by atoms with Gasteiger partial charge < -0.3 is 10.2 Å². The van der Waals surface area contributed by atoms with Gasteiger partial charge >= 0.3 is 0 Å². The monoisotopic (exact) mass is 481 g/mol. The van der Waals surface area contributed by atoms with Gasteiger partial charge in [0, 0.05) is 40.7 Å². The van der Waals surface area contributed by atoms with Crippen LogP contribution in [0.15, 0.2) is 65.5 Å². The van der Waals surface area contributed by atoms with Gasteiger partial charge in [-0.15, -0.1) is 0 Å². The molecular formula is C22H14BrClFN5. The molecule has 4 aromatic rings. The van der Waals surface area contributed by atoms with Crippen molar-refractivity contribution in [2.75, 3.05) is 17.3 Å². The van der Waals surface area contributed by atoms with Gasteiger partial charge in [-0.25, -0.2) is 4.39 Å². The van der Waals surface area contributed by atoms with E-state index < -0.39 is 5.82 Å². The third kappa shape index (κ3) is 3.80. The molecule has 0 fully saturated rings. The fourth-order valence-electron chi connectivity index (χ4n) is 3.08. The normalized spacial score (nSPS) is 10.6. The second-order valence-electron chi connectivity index (χ2n) is 6.51. The summed E-state index contributed by atoms with van der Waals surface area (Å²) in [7, 11) is 1.93. The smallest absolute Gasteiger partial charge is 0.141 e. The van der Waals surface area contributed by atoms with Crippen LogP contribution in [0, 0.1) is 17.1 Å². The summed E-state index contributed by atoms with van der Waals surface area (Å²) in [6, 6.07) is 14.2. The second kappa shape index (κ2) is 8.27. The van der Waals surface area contributed by atoms with Gasteiger partial charge in [0.05, 0.1) is 33.7 Å². The van der Waals surface area contributed by atoms with E-state index in [-0.39, 0.29) is 5.02 Å². The van der Waals surface area contributed by atoms with Crippen molar-refractivity contribution >= 4 is 61.2 Å². The molecule has 0 amide bonds. The Bertz CT molecular complexity index is 1290. The van der Waals surface area contributed by atoms with E-state index in [1.54, 1.807) is 18.5 Å². The molecule has 0 atom stereocenters. The molecule has 1 N–H and O–H groups in total. The van der Waals surface area contributed by atoms with Crippen molar-refractivity contribution in [1.29, 1.82) is 5.26 Å². The van der Waals surface area contributed by atoms with Crippen LogP contribution in [0.2, 0.25) is 5.02 Å². The number of rotatable bonds is 4. The number of nitrogens with zero attached hydrogens (tertiary/aromatic N) is 4. The zero-order valence-electron chi connectivity index (χ0n) is 15.7. The maximum absolute atomic E-state index is 13.6. The summed E-state index contributed by atoms with van der Waals surface area (Å²) in [5.41, 5.74) is 3.95. The summed E-state index contributed by atoms with van der Waals surface area (Å²) in [6.45, 7) is 0. The molecule has 0 saturated heterocycles. The van der Waals surface area contributed by atoms with Gasteiger partial charge in [0.1, 0.15) is 11.9 Å².